The maximum atomic E-state index is 6.22. The predicted octanol–water partition coefficient (Wildman–Crippen LogP) is 5.46. The zero-order valence-corrected chi connectivity index (χ0v) is 12.5. The van der Waals surface area contributed by atoms with Gasteiger partial charge in [-0.2, -0.15) is 0 Å². The number of aryl methyl sites for hydroxylation is 1. The predicted molar refractivity (Wildman–Crippen MR) is 79.0 cm³/mol. The zero-order valence-electron chi connectivity index (χ0n) is 11.0. The number of nitrogens with two attached hydrogens (primary N) is 1. The molecule has 1 aromatic heterocycles. The van der Waals surface area contributed by atoms with Crippen LogP contribution in [0.3, 0.4) is 0 Å². The molecule has 1 heterocycles. The van der Waals surface area contributed by atoms with E-state index in [0.717, 1.165) is 21.9 Å². The molecule has 0 aliphatic rings. The monoisotopic (exact) mass is 273 g/mol. The lowest BCUT2D eigenvalue weighted by Crippen LogP contribution is -2.08. The molecule has 0 bridgehead atoms. The van der Waals surface area contributed by atoms with Crippen LogP contribution in [0, 0.1) is 6.92 Å². The molecule has 0 aliphatic carbocycles. The summed E-state index contributed by atoms with van der Waals surface area (Å²) in [4.78, 5) is 1.16. The number of halogens is 1. The minimum absolute atomic E-state index is 0.132. The molecule has 0 spiro atoms. The minimum Gasteiger partial charge on any atom is -0.323 e. The van der Waals surface area contributed by atoms with Crippen molar-refractivity contribution >= 4 is 22.9 Å². The Hall–Kier alpha value is -0.0500. The van der Waals surface area contributed by atoms with Gasteiger partial charge >= 0.3 is 0 Å². The smallest absolute Gasteiger partial charge is 0.0590 e. The fraction of sp³-hybridized carbons (Fsp3) is 0.714. The summed E-state index contributed by atoms with van der Waals surface area (Å²) in [6, 6.07) is 0.132. The first-order valence-electron chi connectivity index (χ1n) is 6.65. The first-order valence-corrected chi connectivity index (χ1v) is 7.91. The lowest BCUT2D eigenvalue weighted by atomic mass is 10.0. The van der Waals surface area contributed by atoms with E-state index in [-0.39, 0.29) is 6.04 Å². The lowest BCUT2D eigenvalue weighted by molar-refractivity contribution is 0.551. The molecule has 0 aliphatic heterocycles. The van der Waals surface area contributed by atoms with Gasteiger partial charge in [0.1, 0.15) is 0 Å². The second-order valence-corrected chi connectivity index (χ2v) is 6.05. The molecular formula is C14H24ClNS. The lowest BCUT2D eigenvalue weighted by Gasteiger charge is -2.10. The third-order valence-corrected chi connectivity index (χ3v) is 4.98. The molecule has 1 unspecified atom stereocenters. The van der Waals surface area contributed by atoms with E-state index in [0.29, 0.717) is 0 Å². The molecule has 0 saturated heterocycles. The Bertz CT molecular complexity index is 322. The summed E-state index contributed by atoms with van der Waals surface area (Å²) < 4.78 is 0. The van der Waals surface area contributed by atoms with Crippen LogP contribution in [0.15, 0.2) is 5.38 Å². The van der Waals surface area contributed by atoms with Gasteiger partial charge in [-0.25, -0.2) is 0 Å². The van der Waals surface area contributed by atoms with Crippen molar-refractivity contribution in [2.45, 2.75) is 64.8 Å². The Kier molecular flexibility index (Phi) is 7.17. The van der Waals surface area contributed by atoms with Gasteiger partial charge in [-0.3, -0.25) is 0 Å². The summed E-state index contributed by atoms with van der Waals surface area (Å²) in [7, 11) is 0. The van der Waals surface area contributed by atoms with Gasteiger partial charge in [-0.1, -0.05) is 57.0 Å². The summed E-state index contributed by atoms with van der Waals surface area (Å²) in [5.74, 6) is 0. The molecule has 0 aromatic carbocycles. The van der Waals surface area contributed by atoms with Crippen LogP contribution >= 0.6 is 22.9 Å². The number of hydrogen-bond acceptors (Lipinski definition) is 2. The summed E-state index contributed by atoms with van der Waals surface area (Å²) in [6.45, 7) is 4.29. The van der Waals surface area contributed by atoms with Crippen molar-refractivity contribution in [1.29, 1.82) is 0 Å². The third-order valence-electron chi connectivity index (χ3n) is 3.13. The van der Waals surface area contributed by atoms with Gasteiger partial charge in [-0.15, -0.1) is 11.3 Å². The quantitative estimate of drug-likeness (QED) is 0.625. The van der Waals surface area contributed by atoms with Crippen molar-refractivity contribution in [2.24, 2.45) is 5.73 Å². The third kappa shape index (κ3) is 4.99. The fourth-order valence-corrected chi connectivity index (χ4v) is 3.35. The fourth-order valence-electron chi connectivity index (χ4n) is 1.98. The highest BCUT2D eigenvalue weighted by Gasteiger charge is 2.13. The van der Waals surface area contributed by atoms with E-state index < -0.39 is 0 Å². The van der Waals surface area contributed by atoms with Crippen LogP contribution in [0.25, 0.3) is 0 Å². The number of rotatable bonds is 8. The van der Waals surface area contributed by atoms with E-state index in [2.05, 4.69) is 12.3 Å². The normalized spacial score (nSPS) is 12.9. The van der Waals surface area contributed by atoms with Gasteiger partial charge in [-0.05, 0) is 24.3 Å². The summed E-state index contributed by atoms with van der Waals surface area (Å²) in [6.07, 6.45) is 8.97. The molecule has 3 heteroatoms. The van der Waals surface area contributed by atoms with Crippen LogP contribution < -0.4 is 5.73 Å². The zero-order chi connectivity index (χ0) is 12.7. The molecule has 2 N–H and O–H groups in total. The van der Waals surface area contributed by atoms with Gasteiger partial charge in [0.2, 0.25) is 0 Å². The largest absolute Gasteiger partial charge is 0.323 e. The molecule has 1 aromatic rings. The first-order chi connectivity index (χ1) is 8.16. The van der Waals surface area contributed by atoms with Gasteiger partial charge in [0.25, 0.3) is 0 Å². The molecule has 0 saturated carbocycles. The molecule has 0 radical (unpaired) electrons. The van der Waals surface area contributed by atoms with E-state index in [1.165, 1.54) is 38.5 Å². The van der Waals surface area contributed by atoms with Crippen LogP contribution in [0.1, 0.15) is 68.4 Å². The van der Waals surface area contributed by atoms with E-state index in [1.807, 2.05) is 6.92 Å². The van der Waals surface area contributed by atoms with Crippen molar-refractivity contribution in [3.63, 3.8) is 0 Å². The van der Waals surface area contributed by atoms with Gasteiger partial charge in [0.15, 0.2) is 0 Å². The van der Waals surface area contributed by atoms with E-state index in [1.54, 1.807) is 11.3 Å². The Labute approximate surface area is 114 Å². The maximum absolute atomic E-state index is 6.22. The van der Waals surface area contributed by atoms with Crippen molar-refractivity contribution in [3.05, 3.63) is 20.8 Å². The first kappa shape index (κ1) is 15.0. The van der Waals surface area contributed by atoms with Gasteiger partial charge in [0.05, 0.1) is 5.02 Å². The van der Waals surface area contributed by atoms with Crippen molar-refractivity contribution in [2.75, 3.05) is 0 Å². The van der Waals surface area contributed by atoms with E-state index >= 15 is 0 Å². The van der Waals surface area contributed by atoms with Crippen LogP contribution in [-0.2, 0) is 0 Å². The molecule has 98 valence electrons. The number of unbranched alkanes of at least 4 members (excludes halogenated alkanes) is 5. The highest BCUT2D eigenvalue weighted by atomic mass is 35.5. The highest BCUT2D eigenvalue weighted by molar-refractivity contribution is 7.10. The Morgan fingerprint density at radius 1 is 1.24 bits per heavy atom. The molecule has 1 atom stereocenters. The second-order valence-electron chi connectivity index (χ2n) is 4.76. The molecule has 1 nitrogen and oxygen atoms in total. The Morgan fingerprint density at radius 3 is 2.47 bits per heavy atom. The Morgan fingerprint density at radius 2 is 1.88 bits per heavy atom. The van der Waals surface area contributed by atoms with Crippen molar-refractivity contribution in [1.82, 2.24) is 0 Å². The standard InChI is InChI=1S/C14H24ClNS/c1-3-4-5-6-7-8-9-12(16)14-13(15)11(2)10-17-14/h10,12H,3-9,16H2,1-2H3. The molecular weight excluding hydrogens is 250 g/mol. The Balaban J connectivity index is 2.21. The van der Waals surface area contributed by atoms with Crippen LogP contribution in [0.2, 0.25) is 5.02 Å². The van der Waals surface area contributed by atoms with E-state index in [9.17, 15) is 0 Å². The van der Waals surface area contributed by atoms with Crippen molar-refractivity contribution < 1.29 is 0 Å². The molecule has 17 heavy (non-hydrogen) atoms. The SMILES string of the molecule is CCCCCCCCC(N)c1scc(C)c1Cl. The average Bonchev–Trinajstić information content (AvgIpc) is 2.64. The maximum Gasteiger partial charge on any atom is 0.0590 e. The number of thiophene rings is 1. The molecule has 0 amide bonds. The summed E-state index contributed by atoms with van der Waals surface area (Å²) in [5, 5.41) is 2.98. The summed E-state index contributed by atoms with van der Waals surface area (Å²) in [5.41, 5.74) is 7.33. The number of hydrogen-bond donors (Lipinski definition) is 1. The molecule has 1 rings (SSSR count). The van der Waals surface area contributed by atoms with Crippen molar-refractivity contribution in [3.8, 4) is 0 Å². The topological polar surface area (TPSA) is 26.0 Å². The van der Waals surface area contributed by atoms with Crippen LogP contribution in [0.5, 0.6) is 0 Å². The highest BCUT2D eigenvalue weighted by Crippen LogP contribution is 2.33. The minimum atomic E-state index is 0.132. The van der Waals surface area contributed by atoms with Gasteiger partial charge in [0, 0.05) is 10.9 Å². The van der Waals surface area contributed by atoms with E-state index in [4.69, 9.17) is 17.3 Å². The van der Waals surface area contributed by atoms with Crippen LogP contribution in [0.4, 0.5) is 0 Å². The van der Waals surface area contributed by atoms with Gasteiger partial charge < -0.3 is 5.73 Å². The summed E-state index contributed by atoms with van der Waals surface area (Å²) >= 11 is 7.91. The van der Waals surface area contributed by atoms with Crippen LogP contribution in [-0.4, -0.2) is 0 Å². The second kappa shape index (κ2) is 8.12. The average molecular weight is 274 g/mol. The molecule has 0 fully saturated rings.